The highest BCUT2D eigenvalue weighted by atomic mass is 16.5. The average Bonchev–Trinajstić information content (AvgIpc) is 3.31. The summed E-state index contributed by atoms with van der Waals surface area (Å²) in [5, 5.41) is 10.9. The van der Waals surface area contributed by atoms with Gasteiger partial charge in [0.15, 0.2) is 5.69 Å². The van der Waals surface area contributed by atoms with E-state index < -0.39 is 0 Å². The second-order valence-corrected chi connectivity index (χ2v) is 9.12. The Morgan fingerprint density at radius 1 is 1.22 bits per heavy atom. The fourth-order valence-electron chi connectivity index (χ4n) is 4.41. The molecule has 2 aliphatic rings. The normalized spacial score (nSPS) is 17.2. The molecular formula is C27H31N7O2. The number of aromatic nitrogens is 3. The van der Waals surface area contributed by atoms with Crippen molar-refractivity contribution in [2.45, 2.75) is 19.9 Å². The molecule has 0 atom stereocenters. The Morgan fingerprint density at radius 3 is 2.75 bits per heavy atom. The van der Waals surface area contributed by atoms with Crippen molar-refractivity contribution in [3.05, 3.63) is 71.5 Å². The molecule has 2 aliphatic heterocycles. The van der Waals surface area contributed by atoms with Gasteiger partial charge in [-0.1, -0.05) is 6.07 Å². The standard InChI is InChI=1S/C27H31N7O2/c1-19(14-23(17-28-2)34-10-12-36-13-11-34)20-4-7-25-24(15-20)26(32-31-25)27(35)30-21-5-6-22(29-16-21)18-33-8-3-9-33/h4-7,14-17H,2-3,8-13,18H2,1H3,(H,30,35)(H,31,32)/b19-14+,23-17+. The number of likely N-dealkylation sites (tertiary alicyclic amines) is 1. The van der Waals surface area contributed by atoms with Gasteiger partial charge < -0.3 is 15.0 Å². The SMILES string of the molecule is C=N/C=C(\C=C(/C)c1ccc2[nH]nc(C(=O)Nc3ccc(CN4CCC4)nc3)c2c1)N1CCOCC1. The number of pyridine rings is 1. The molecule has 0 radical (unpaired) electrons. The zero-order valence-electron chi connectivity index (χ0n) is 20.5. The van der Waals surface area contributed by atoms with E-state index >= 15 is 0 Å². The summed E-state index contributed by atoms with van der Waals surface area (Å²) < 4.78 is 5.47. The fraction of sp³-hybridized carbons (Fsp3) is 0.333. The minimum Gasteiger partial charge on any atom is -0.378 e. The Labute approximate surface area is 210 Å². The average molecular weight is 486 g/mol. The van der Waals surface area contributed by atoms with Crippen LogP contribution in [0.5, 0.6) is 0 Å². The van der Waals surface area contributed by atoms with E-state index in [0.29, 0.717) is 24.6 Å². The number of amides is 1. The maximum absolute atomic E-state index is 13.1. The van der Waals surface area contributed by atoms with Crippen LogP contribution in [-0.2, 0) is 11.3 Å². The van der Waals surface area contributed by atoms with Gasteiger partial charge >= 0.3 is 0 Å². The third-order valence-electron chi connectivity index (χ3n) is 6.61. The largest absolute Gasteiger partial charge is 0.378 e. The van der Waals surface area contributed by atoms with Crippen molar-refractivity contribution in [3.63, 3.8) is 0 Å². The second kappa shape index (κ2) is 10.8. The Hall–Kier alpha value is -3.82. The zero-order chi connectivity index (χ0) is 24.9. The molecule has 36 heavy (non-hydrogen) atoms. The van der Waals surface area contributed by atoms with E-state index in [1.54, 1.807) is 12.4 Å². The molecule has 2 saturated heterocycles. The van der Waals surface area contributed by atoms with Crippen LogP contribution in [0.1, 0.15) is 35.1 Å². The van der Waals surface area contributed by atoms with Crippen LogP contribution in [0.3, 0.4) is 0 Å². The van der Waals surface area contributed by atoms with Crippen LogP contribution in [0.4, 0.5) is 5.69 Å². The summed E-state index contributed by atoms with van der Waals surface area (Å²) in [7, 11) is 0. The molecule has 5 rings (SSSR count). The number of anilines is 1. The van der Waals surface area contributed by atoms with Gasteiger partial charge in [-0.2, -0.15) is 5.10 Å². The number of benzene rings is 1. The van der Waals surface area contributed by atoms with Gasteiger partial charge in [0.25, 0.3) is 5.91 Å². The van der Waals surface area contributed by atoms with Gasteiger partial charge in [0.2, 0.25) is 0 Å². The summed E-state index contributed by atoms with van der Waals surface area (Å²) in [6.07, 6.45) is 6.81. The molecular weight excluding hydrogens is 454 g/mol. The van der Waals surface area contributed by atoms with Crippen molar-refractivity contribution in [2.75, 3.05) is 44.7 Å². The number of H-pyrrole nitrogens is 1. The van der Waals surface area contributed by atoms with Gasteiger partial charge in [-0.05, 0) is 74.6 Å². The molecule has 0 spiro atoms. The van der Waals surface area contributed by atoms with Crippen LogP contribution in [0.25, 0.3) is 16.5 Å². The number of aromatic amines is 1. The Bertz CT molecular complexity index is 1300. The van der Waals surface area contributed by atoms with E-state index in [1.807, 2.05) is 37.3 Å². The van der Waals surface area contributed by atoms with Gasteiger partial charge in [0.05, 0.1) is 42.0 Å². The zero-order valence-corrected chi connectivity index (χ0v) is 20.5. The number of carbonyl (C=O) groups excluding carboxylic acids is 1. The molecule has 0 saturated carbocycles. The molecule has 2 aromatic heterocycles. The summed E-state index contributed by atoms with van der Waals surface area (Å²) in [5.74, 6) is -0.276. The number of nitrogens with one attached hydrogen (secondary N) is 2. The first-order valence-electron chi connectivity index (χ1n) is 12.2. The summed E-state index contributed by atoms with van der Waals surface area (Å²) in [6, 6.07) is 9.81. The first-order valence-corrected chi connectivity index (χ1v) is 12.2. The van der Waals surface area contributed by atoms with Crippen LogP contribution in [-0.4, -0.2) is 77.0 Å². The van der Waals surface area contributed by atoms with Crippen molar-refractivity contribution in [1.29, 1.82) is 0 Å². The number of aliphatic imine (C=N–C) groups is 1. The van der Waals surface area contributed by atoms with Crippen molar-refractivity contribution >= 4 is 34.8 Å². The molecule has 3 aromatic rings. The number of allylic oxidation sites excluding steroid dienone is 2. The molecule has 0 bridgehead atoms. The number of nitrogens with zero attached hydrogens (tertiary/aromatic N) is 5. The Balaban J connectivity index is 1.33. The predicted molar refractivity (Wildman–Crippen MR) is 142 cm³/mol. The van der Waals surface area contributed by atoms with Gasteiger partial charge in [-0.15, -0.1) is 0 Å². The molecule has 2 N–H and O–H groups in total. The number of hydrogen-bond acceptors (Lipinski definition) is 7. The first-order chi connectivity index (χ1) is 17.6. The second-order valence-electron chi connectivity index (χ2n) is 9.12. The van der Waals surface area contributed by atoms with E-state index in [9.17, 15) is 4.79 Å². The van der Waals surface area contributed by atoms with Crippen molar-refractivity contribution in [3.8, 4) is 0 Å². The first kappa shape index (κ1) is 23.9. The van der Waals surface area contributed by atoms with E-state index in [1.165, 1.54) is 6.42 Å². The van der Waals surface area contributed by atoms with Crippen LogP contribution >= 0.6 is 0 Å². The predicted octanol–water partition coefficient (Wildman–Crippen LogP) is 3.69. The van der Waals surface area contributed by atoms with E-state index in [0.717, 1.165) is 66.2 Å². The number of hydrogen-bond donors (Lipinski definition) is 2. The molecule has 1 amide bonds. The van der Waals surface area contributed by atoms with Gasteiger partial charge in [0.1, 0.15) is 0 Å². The molecule has 0 aliphatic carbocycles. The minimum atomic E-state index is -0.276. The highest BCUT2D eigenvalue weighted by molar-refractivity contribution is 6.11. The minimum absolute atomic E-state index is 0.276. The Kier molecular flexibility index (Phi) is 7.20. The fourth-order valence-corrected chi connectivity index (χ4v) is 4.41. The molecule has 2 fully saturated rings. The molecule has 4 heterocycles. The number of carbonyl (C=O) groups is 1. The lowest BCUT2D eigenvalue weighted by Crippen LogP contribution is -2.36. The van der Waals surface area contributed by atoms with Crippen molar-refractivity contribution in [1.82, 2.24) is 25.0 Å². The summed E-state index contributed by atoms with van der Waals surface area (Å²) in [4.78, 5) is 26.1. The topological polar surface area (TPSA) is 98.7 Å². The number of rotatable bonds is 8. The maximum atomic E-state index is 13.1. The lowest BCUT2D eigenvalue weighted by Gasteiger charge is -2.30. The number of morpholine rings is 1. The van der Waals surface area contributed by atoms with Gasteiger partial charge in [0, 0.05) is 31.2 Å². The number of ether oxygens (including phenoxy) is 1. The van der Waals surface area contributed by atoms with E-state index in [2.05, 4.69) is 48.1 Å². The highest BCUT2D eigenvalue weighted by Gasteiger charge is 2.17. The molecule has 9 heteroatoms. The van der Waals surface area contributed by atoms with E-state index in [-0.39, 0.29) is 5.91 Å². The summed E-state index contributed by atoms with van der Waals surface area (Å²) in [6.45, 7) is 11.8. The lowest BCUT2D eigenvalue weighted by atomic mass is 10.0. The monoisotopic (exact) mass is 485 g/mol. The lowest BCUT2D eigenvalue weighted by molar-refractivity contribution is 0.0553. The van der Waals surface area contributed by atoms with Crippen LogP contribution in [0.2, 0.25) is 0 Å². The summed E-state index contributed by atoms with van der Waals surface area (Å²) in [5.41, 5.74) is 5.83. The highest BCUT2D eigenvalue weighted by Crippen LogP contribution is 2.25. The smallest absolute Gasteiger partial charge is 0.276 e. The van der Waals surface area contributed by atoms with Crippen LogP contribution < -0.4 is 5.32 Å². The van der Waals surface area contributed by atoms with Crippen LogP contribution in [0, 0.1) is 0 Å². The molecule has 1 aromatic carbocycles. The van der Waals surface area contributed by atoms with Crippen LogP contribution in [0.15, 0.2) is 59.5 Å². The summed E-state index contributed by atoms with van der Waals surface area (Å²) >= 11 is 0. The quantitative estimate of drug-likeness (QED) is 0.373. The molecule has 186 valence electrons. The van der Waals surface area contributed by atoms with Gasteiger partial charge in [-0.3, -0.25) is 24.8 Å². The maximum Gasteiger partial charge on any atom is 0.276 e. The van der Waals surface area contributed by atoms with E-state index in [4.69, 9.17) is 4.74 Å². The molecule has 9 nitrogen and oxygen atoms in total. The van der Waals surface area contributed by atoms with Gasteiger partial charge in [-0.25, -0.2) is 0 Å². The Morgan fingerprint density at radius 2 is 2.06 bits per heavy atom. The third kappa shape index (κ3) is 5.37. The number of fused-ring (bicyclic) bond motifs is 1. The molecule has 0 unspecified atom stereocenters. The van der Waals surface area contributed by atoms with Crippen molar-refractivity contribution in [2.24, 2.45) is 4.99 Å². The van der Waals surface area contributed by atoms with Crippen molar-refractivity contribution < 1.29 is 9.53 Å². The third-order valence-corrected chi connectivity index (χ3v) is 6.61.